The second kappa shape index (κ2) is 6.22. The summed E-state index contributed by atoms with van der Waals surface area (Å²) in [5, 5.41) is 2.22. The summed E-state index contributed by atoms with van der Waals surface area (Å²) < 4.78 is 0. The summed E-state index contributed by atoms with van der Waals surface area (Å²) in [6, 6.07) is 0.326. The molecule has 0 spiro atoms. The third-order valence-corrected chi connectivity index (χ3v) is 6.62. The van der Waals surface area contributed by atoms with Gasteiger partial charge >= 0.3 is 0 Å². The van der Waals surface area contributed by atoms with Crippen LogP contribution in [-0.2, 0) is 6.42 Å². The molecule has 5 rings (SSSR count). The van der Waals surface area contributed by atoms with Crippen molar-refractivity contribution in [2.45, 2.75) is 29.4 Å². The van der Waals surface area contributed by atoms with E-state index in [0.717, 1.165) is 47.0 Å². The zero-order valence-electron chi connectivity index (χ0n) is 14.7. The first-order chi connectivity index (χ1) is 13.0. The molecule has 1 saturated carbocycles. The monoisotopic (exact) mass is 402 g/mol. The Hall–Kier alpha value is -2.10. The van der Waals surface area contributed by atoms with Crippen LogP contribution in [0.1, 0.15) is 12.6 Å². The Labute approximate surface area is 165 Å². The number of nitrogens with zero attached hydrogens (tertiary/aromatic N) is 5. The number of anilines is 2. The number of nitrogens with two attached hydrogens (primary N) is 2. The highest BCUT2D eigenvalue weighted by Gasteiger charge is 2.54. The van der Waals surface area contributed by atoms with Crippen LogP contribution in [0.3, 0.4) is 0 Å². The zero-order valence-corrected chi connectivity index (χ0v) is 16.3. The summed E-state index contributed by atoms with van der Waals surface area (Å²) >= 11 is 8.05. The van der Waals surface area contributed by atoms with Crippen LogP contribution in [0.15, 0.2) is 22.4 Å². The van der Waals surface area contributed by atoms with Gasteiger partial charge in [-0.2, -0.15) is 0 Å². The van der Waals surface area contributed by atoms with Crippen LogP contribution in [0.5, 0.6) is 0 Å². The minimum atomic E-state index is 0.243. The van der Waals surface area contributed by atoms with Gasteiger partial charge in [-0.25, -0.2) is 19.9 Å². The number of rotatable bonds is 4. The molecule has 2 unspecified atom stereocenters. The maximum Gasteiger partial charge on any atom is 0.219 e. The summed E-state index contributed by atoms with van der Waals surface area (Å²) in [6.07, 6.45) is 4.14. The molecule has 4 heterocycles. The number of H-pyrrole nitrogens is 1. The lowest BCUT2D eigenvalue weighted by atomic mass is 10.2. The van der Waals surface area contributed by atoms with Crippen LogP contribution in [0, 0.1) is 11.8 Å². The molecule has 3 aromatic heterocycles. The van der Waals surface area contributed by atoms with Gasteiger partial charge in [-0.05, 0) is 30.0 Å². The summed E-state index contributed by atoms with van der Waals surface area (Å²) in [7, 11) is 0. The Morgan fingerprint density at radius 1 is 1.26 bits per heavy atom. The highest BCUT2D eigenvalue weighted by atomic mass is 35.5. The zero-order chi connectivity index (χ0) is 18.7. The topological polar surface area (TPSA) is 123 Å². The van der Waals surface area contributed by atoms with Crippen molar-refractivity contribution in [2.24, 2.45) is 17.6 Å². The normalized spacial score (nSPS) is 23.8. The van der Waals surface area contributed by atoms with Crippen molar-refractivity contribution < 1.29 is 0 Å². The minimum Gasteiger partial charge on any atom is -0.368 e. The minimum absolute atomic E-state index is 0.243. The quantitative estimate of drug-likeness (QED) is 0.567. The van der Waals surface area contributed by atoms with E-state index < -0.39 is 0 Å². The largest absolute Gasteiger partial charge is 0.368 e. The van der Waals surface area contributed by atoms with Crippen LogP contribution >= 0.6 is 23.4 Å². The van der Waals surface area contributed by atoms with Crippen LogP contribution in [-0.4, -0.2) is 44.1 Å². The number of hydrogen-bond donors (Lipinski definition) is 3. The fourth-order valence-electron chi connectivity index (χ4n) is 3.82. The van der Waals surface area contributed by atoms with Gasteiger partial charge in [0.15, 0.2) is 5.16 Å². The second-order valence-corrected chi connectivity index (χ2v) is 8.43. The molecule has 5 N–H and O–H groups in total. The van der Waals surface area contributed by atoms with Crippen LogP contribution in [0.2, 0.25) is 5.02 Å². The van der Waals surface area contributed by atoms with Crippen LogP contribution in [0.4, 0.5) is 11.8 Å². The first kappa shape index (κ1) is 17.0. The number of aryl methyl sites for hydroxylation is 1. The molecule has 2 fully saturated rings. The smallest absolute Gasteiger partial charge is 0.219 e. The lowest BCUT2D eigenvalue weighted by Gasteiger charge is -2.21. The Kier molecular flexibility index (Phi) is 3.92. The Morgan fingerprint density at radius 2 is 1.96 bits per heavy atom. The van der Waals surface area contributed by atoms with Crippen LogP contribution in [0.25, 0.3) is 11.0 Å². The number of halogens is 1. The summed E-state index contributed by atoms with van der Waals surface area (Å²) in [5.74, 6) is 2.23. The van der Waals surface area contributed by atoms with E-state index in [-0.39, 0.29) is 5.95 Å². The first-order valence-electron chi connectivity index (χ1n) is 8.89. The van der Waals surface area contributed by atoms with Gasteiger partial charge in [0.25, 0.3) is 0 Å². The van der Waals surface area contributed by atoms with Crippen molar-refractivity contribution >= 4 is 46.2 Å². The molecule has 0 amide bonds. The third-order valence-electron chi connectivity index (χ3n) is 5.39. The van der Waals surface area contributed by atoms with E-state index in [1.807, 2.05) is 0 Å². The van der Waals surface area contributed by atoms with Crippen molar-refractivity contribution in [1.29, 1.82) is 0 Å². The van der Waals surface area contributed by atoms with E-state index in [2.05, 4.69) is 31.8 Å². The molecule has 3 aromatic rings. The molecule has 140 valence electrons. The Balaban J connectivity index is 1.57. The van der Waals surface area contributed by atoms with Gasteiger partial charge in [0.1, 0.15) is 11.5 Å². The van der Waals surface area contributed by atoms with Gasteiger partial charge in [0, 0.05) is 37.2 Å². The molecular formula is C17H19ClN8S. The van der Waals surface area contributed by atoms with Crippen molar-refractivity contribution in [3.63, 3.8) is 0 Å². The Morgan fingerprint density at radius 3 is 2.63 bits per heavy atom. The van der Waals surface area contributed by atoms with E-state index in [4.69, 9.17) is 28.1 Å². The molecule has 10 heteroatoms. The fraction of sp³-hybridized carbons (Fsp3) is 0.412. The molecule has 1 aliphatic carbocycles. The summed E-state index contributed by atoms with van der Waals surface area (Å²) in [6.45, 7) is 3.89. The second-order valence-electron chi connectivity index (χ2n) is 7.01. The van der Waals surface area contributed by atoms with Crippen LogP contribution < -0.4 is 16.4 Å². The van der Waals surface area contributed by atoms with E-state index in [0.29, 0.717) is 28.1 Å². The number of hydrogen-bond acceptors (Lipinski definition) is 8. The maximum atomic E-state index is 6.64. The molecule has 2 aliphatic rings. The number of fused-ring (bicyclic) bond motifs is 2. The van der Waals surface area contributed by atoms with E-state index >= 15 is 0 Å². The molecule has 0 bridgehead atoms. The molecule has 2 atom stereocenters. The van der Waals surface area contributed by atoms with Gasteiger partial charge in [0.2, 0.25) is 5.95 Å². The van der Waals surface area contributed by atoms with Crippen molar-refractivity contribution in [3.05, 3.63) is 23.1 Å². The van der Waals surface area contributed by atoms with Gasteiger partial charge < -0.3 is 21.4 Å². The van der Waals surface area contributed by atoms with Gasteiger partial charge in [-0.1, -0.05) is 18.5 Å². The van der Waals surface area contributed by atoms with Gasteiger partial charge in [-0.15, -0.1) is 0 Å². The average Bonchev–Trinajstić information content (AvgIpc) is 3.02. The lowest BCUT2D eigenvalue weighted by Crippen LogP contribution is -2.29. The predicted octanol–water partition coefficient (Wildman–Crippen LogP) is 2.09. The van der Waals surface area contributed by atoms with Gasteiger partial charge in [-0.3, -0.25) is 0 Å². The Bertz CT molecular complexity index is 1010. The van der Waals surface area contributed by atoms with E-state index in [9.17, 15) is 0 Å². The number of piperidine rings is 1. The molecule has 1 saturated heterocycles. The third kappa shape index (κ3) is 2.81. The predicted molar refractivity (Wildman–Crippen MR) is 106 cm³/mol. The molecule has 0 radical (unpaired) electrons. The van der Waals surface area contributed by atoms with E-state index in [1.54, 1.807) is 12.4 Å². The average molecular weight is 403 g/mol. The number of aromatic nitrogens is 5. The highest BCUT2D eigenvalue weighted by Crippen LogP contribution is 2.47. The molecule has 27 heavy (non-hydrogen) atoms. The number of aromatic amines is 1. The van der Waals surface area contributed by atoms with Crippen molar-refractivity contribution in [2.75, 3.05) is 23.7 Å². The van der Waals surface area contributed by atoms with Crippen molar-refractivity contribution in [3.8, 4) is 0 Å². The maximum absolute atomic E-state index is 6.64. The molecular weight excluding hydrogens is 384 g/mol. The number of nitrogen functional groups attached to an aromatic ring is 1. The number of nitrogens with one attached hydrogen (secondary N) is 1. The van der Waals surface area contributed by atoms with E-state index in [1.165, 1.54) is 11.8 Å². The molecule has 1 aliphatic heterocycles. The summed E-state index contributed by atoms with van der Waals surface area (Å²) in [4.78, 5) is 24.0. The molecule has 0 aromatic carbocycles. The van der Waals surface area contributed by atoms with Gasteiger partial charge in [0.05, 0.1) is 15.3 Å². The fourth-order valence-corrected chi connectivity index (χ4v) is 4.86. The standard InChI is InChI=1S/C17H19ClN8S/c1-2-10-12(18)11-14(23-10)24-17(27-7-3-21-16(20)22-4-7)25-15(11)26-5-8-9(6-26)13(8)19/h3-4,8-9,13H,2,5-6,19H2,1H3,(H2,20,21,22)(H,23,24,25). The lowest BCUT2D eigenvalue weighted by molar-refractivity contribution is 0.732. The molecule has 8 nitrogen and oxygen atoms in total. The first-order valence-corrected chi connectivity index (χ1v) is 10.1. The summed E-state index contributed by atoms with van der Waals surface area (Å²) in [5.41, 5.74) is 13.4. The highest BCUT2D eigenvalue weighted by molar-refractivity contribution is 7.99. The van der Waals surface area contributed by atoms with Crippen molar-refractivity contribution in [1.82, 2.24) is 24.9 Å². The SMILES string of the molecule is CCc1[nH]c2nc(Sc3cnc(N)nc3)nc(N3CC4C(N)C4C3)c2c1Cl.